The minimum absolute atomic E-state index is 0.0542. The van der Waals surface area contributed by atoms with Gasteiger partial charge in [-0.3, -0.25) is 20.2 Å². The minimum Gasteiger partial charge on any atom is -0.327 e. The van der Waals surface area contributed by atoms with E-state index in [1.807, 2.05) is 0 Å². The SMILES string of the molecule is NC1CCCCC1Cc1ccc([N+](=O)[O-])cc1[N+](=O)[O-]. The van der Waals surface area contributed by atoms with Crippen molar-refractivity contribution >= 4 is 11.4 Å². The molecule has 0 saturated heterocycles. The number of non-ortho nitro benzene ring substituents is 1. The van der Waals surface area contributed by atoms with Crippen molar-refractivity contribution in [2.75, 3.05) is 0 Å². The first-order chi connectivity index (χ1) is 9.49. The van der Waals surface area contributed by atoms with Gasteiger partial charge in [0.2, 0.25) is 0 Å². The smallest absolute Gasteiger partial charge is 0.279 e. The molecule has 2 unspecified atom stereocenters. The van der Waals surface area contributed by atoms with E-state index >= 15 is 0 Å². The molecule has 2 N–H and O–H groups in total. The van der Waals surface area contributed by atoms with Crippen LogP contribution in [-0.2, 0) is 6.42 Å². The molecule has 1 aromatic carbocycles. The quantitative estimate of drug-likeness (QED) is 0.672. The predicted octanol–water partition coefficient (Wildman–Crippen LogP) is 2.56. The molecule has 2 rings (SSSR count). The van der Waals surface area contributed by atoms with Crippen molar-refractivity contribution < 1.29 is 9.85 Å². The van der Waals surface area contributed by atoms with E-state index in [4.69, 9.17) is 5.73 Å². The Morgan fingerprint density at radius 1 is 1.15 bits per heavy atom. The molecule has 0 radical (unpaired) electrons. The molecule has 0 bridgehead atoms. The van der Waals surface area contributed by atoms with Gasteiger partial charge in [-0.25, -0.2) is 0 Å². The van der Waals surface area contributed by atoms with Crippen LogP contribution in [0.2, 0.25) is 0 Å². The highest BCUT2D eigenvalue weighted by atomic mass is 16.6. The van der Waals surface area contributed by atoms with Crippen molar-refractivity contribution in [2.45, 2.75) is 38.1 Å². The van der Waals surface area contributed by atoms with Gasteiger partial charge in [0.25, 0.3) is 11.4 Å². The molecule has 108 valence electrons. The van der Waals surface area contributed by atoms with Crippen molar-refractivity contribution in [2.24, 2.45) is 11.7 Å². The number of benzene rings is 1. The van der Waals surface area contributed by atoms with Crippen LogP contribution in [0.5, 0.6) is 0 Å². The van der Waals surface area contributed by atoms with Gasteiger partial charge in [0.05, 0.1) is 15.9 Å². The molecule has 0 heterocycles. The second kappa shape index (κ2) is 5.96. The number of nitro groups is 2. The number of nitrogens with zero attached hydrogens (tertiary/aromatic N) is 2. The second-order valence-corrected chi connectivity index (χ2v) is 5.24. The maximum absolute atomic E-state index is 11.1. The lowest BCUT2D eigenvalue weighted by Crippen LogP contribution is -2.34. The Balaban J connectivity index is 2.26. The number of hydrogen-bond donors (Lipinski definition) is 1. The van der Waals surface area contributed by atoms with Gasteiger partial charge in [-0.05, 0) is 31.2 Å². The summed E-state index contributed by atoms with van der Waals surface area (Å²) >= 11 is 0. The Kier molecular flexibility index (Phi) is 4.29. The molecule has 7 nitrogen and oxygen atoms in total. The van der Waals surface area contributed by atoms with Crippen LogP contribution in [0.25, 0.3) is 0 Å². The van der Waals surface area contributed by atoms with Crippen LogP contribution < -0.4 is 5.73 Å². The van der Waals surface area contributed by atoms with E-state index in [0.717, 1.165) is 31.7 Å². The van der Waals surface area contributed by atoms with Crippen LogP contribution in [0, 0.1) is 26.1 Å². The fourth-order valence-electron chi connectivity index (χ4n) is 2.78. The zero-order chi connectivity index (χ0) is 14.7. The third kappa shape index (κ3) is 3.11. The molecule has 0 amide bonds. The summed E-state index contributed by atoms with van der Waals surface area (Å²) in [6, 6.07) is 3.89. The number of rotatable bonds is 4. The molecule has 0 aliphatic heterocycles. The summed E-state index contributed by atoms with van der Waals surface area (Å²) in [5.41, 5.74) is 6.14. The highest BCUT2D eigenvalue weighted by Crippen LogP contribution is 2.31. The Morgan fingerprint density at radius 2 is 1.85 bits per heavy atom. The second-order valence-electron chi connectivity index (χ2n) is 5.24. The normalized spacial score (nSPS) is 22.4. The van der Waals surface area contributed by atoms with Crippen molar-refractivity contribution in [3.05, 3.63) is 44.0 Å². The zero-order valence-corrected chi connectivity index (χ0v) is 11.0. The van der Waals surface area contributed by atoms with Gasteiger partial charge in [-0.2, -0.15) is 0 Å². The third-order valence-corrected chi connectivity index (χ3v) is 3.93. The highest BCUT2D eigenvalue weighted by molar-refractivity contribution is 5.49. The number of hydrogen-bond acceptors (Lipinski definition) is 5. The zero-order valence-electron chi connectivity index (χ0n) is 11.0. The Labute approximate surface area is 116 Å². The Hall–Kier alpha value is -2.02. The summed E-state index contributed by atoms with van der Waals surface area (Å²) in [7, 11) is 0. The Morgan fingerprint density at radius 3 is 2.45 bits per heavy atom. The predicted molar refractivity (Wildman–Crippen MR) is 73.4 cm³/mol. The van der Waals surface area contributed by atoms with E-state index in [9.17, 15) is 20.2 Å². The van der Waals surface area contributed by atoms with Crippen molar-refractivity contribution in [1.82, 2.24) is 0 Å². The van der Waals surface area contributed by atoms with E-state index in [1.165, 1.54) is 12.1 Å². The fraction of sp³-hybridized carbons (Fsp3) is 0.538. The van der Waals surface area contributed by atoms with Crippen molar-refractivity contribution in [1.29, 1.82) is 0 Å². The molecular weight excluding hydrogens is 262 g/mol. The standard InChI is InChI=1S/C13H17N3O4/c14-12-4-2-1-3-9(12)7-10-5-6-11(15(17)18)8-13(10)16(19)20/h5-6,8-9,12H,1-4,7,14H2. The van der Waals surface area contributed by atoms with Gasteiger partial charge in [-0.15, -0.1) is 0 Å². The molecule has 7 heteroatoms. The summed E-state index contributed by atoms with van der Waals surface area (Å²) in [6.45, 7) is 0. The summed E-state index contributed by atoms with van der Waals surface area (Å²) in [4.78, 5) is 20.6. The van der Waals surface area contributed by atoms with E-state index in [0.29, 0.717) is 12.0 Å². The van der Waals surface area contributed by atoms with Crippen LogP contribution in [0.15, 0.2) is 18.2 Å². The molecular formula is C13H17N3O4. The molecule has 1 aromatic rings. The van der Waals surface area contributed by atoms with Gasteiger partial charge in [0, 0.05) is 17.7 Å². The number of nitro benzene ring substituents is 2. The van der Waals surface area contributed by atoms with Gasteiger partial charge in [-0.1, -0.05) is 12.8 Å². The first kappa shape index (κ1) is 14.4. The van der Waals surface area contributed by atoms with Crippen LogP contribution in [0.3, 0.4) is 0 Å². The fourth-order valence-corrected chi connectivity index (χ4v) is 2.78. The first-order valence-corrected chi connectivity index (χ1v) is 6.66. The van der Waals surface area contributed by atoms with E-state index < -0.39 is 9.85 Å². The van der Waals surface area contributed by atoms with Crippen molar-refractivity contribution in [3.63, 3.8) is 0 Å². The average Bonchev–Trinajstić information content (AvgIpc) is 2.41. The molecule has 20 heavy (non-hydrogen) atoms. The maximum Gasteiger partial charge on any atom is 0.279 e. The maximum atomic E-state index is 11.1. The average molecular weight is 279 g/mol. The third-order valence-electron chi connectivity index (χ3n) is 3.93. The van der Waals surface area contributed by atoms with Gasteiger partial charge < -0.3 is 5.73 Å². The topological polar surface area (TPSA) is 112 Å². The summed E-state index contributed by atoms with van der Waals surface area (Å²) in [5.74, 6) is 0.212. The lowest BCUT2D eigenvalue weighted by atomic mass is 9.81. The van der Waals surface area contributed by atoms with Gasteiger partial charge in [0.1, 0.15) is 0 Å². The molecule has 1 aliphatic rings. The van der Waals surface area contributed by atoms with Crippen LogP contribution in [0.4, 0.5) is 11.4 Å². The molecule has 1 fully saturated rings. The molecule has 1 saturated carbocycles. The van der Waals surface area contributed by atoms with Gasteiger partial charge in [0.15, 0.2) is 0 Å². The minimum atomic E-state index is -0.622. The molecule has 2 atom stereocenters. The van der Waals surface area contributed by atoms with E-state index in [-0.39, 0.29) is 23.3 Å². The molecule has 1 aliphatic carbocycles. The lowest BCUT2D eigenvalue weighted by molar-refractivity contribution is -0.394. The summed E-state index contributed by atoms with van der Waals surface area (Å²) < 4.78 is 0. The van der Waals surface area contributed by atoms with Crippen LogP contribution in [-0.4, -0.2) is 15.9 Å². The summed E-state index contributed by atoms with van der Waals surface area (Å²) in [5, 5.41) is 21.8. The van der Waals surface area contributed by atoms with E-state index in [2.05, 4.69) is 0 Å². The largest absolute Gasteiger partial charge is 0.327 e. The van der Waals surface area contributed by atoms with Crippen LogP contribution in [0.1, 0.15) is 31.2 Å². The molecule has 0 aromatic heterocycles. The van der Waals surface area contributed by atoms with Crippen LogP contribution >= 0.6 is 0 Å². The van der Waals surface area contributed by atoms with E-state index in [1.54, 1.807) is 0 Å². The molecule has 0 spiro atoms. The lowest BCUT2D eigenvalue weighted by Gasteiger charge is -2.28. The first-order valence-electron chi connectivity index (χ1n) is 6.66. The number of nitrogens with two attached hydrogens (primary N) is 1. The highest BCUT2D eigenvalue weighted by Gasteiger charge is 2.26. The monoisotopic (exact) mass is 279 g/mol. The van der Waals surface area contributed by atoms with Crippen molar-refractivity contribution in [3.8, 4) is 0 Å². The summed E-state index contributed by atoms with van der Waals surface area (Å²) in [6.07, 6.45) is 4.58. The van der Waals surface area contributed by atoms with Gasteiger partial charge >= 0.3 is 0 Å². The Bertz CT molecular complexity index is 532.